The first-order valence-electron chi connectivity index (χ1n) is 13.4. The Balaban J connectivity index is 1.50. The third kappa shape index (κ3) is 6.27. The van der Waals surface area contributed by atoms with E-state index in [1.54, 1.807) is 0 Å². The average molecular weight is 533 g/mol. The molecule has 0 radical (unpaired) electrons. The Morgan fingerprint density at radius 1 is 1.08 bits per heavy atom. The largest absolute Gasteiger partial charge is 0.393 e. The molecule has 8 nitrogen and oxygen atoms in total. The summed E-state index contributed by atoms with van der Waals surface area (Å²) in [4.78, 5) is 30.0. The number of anilines is 1. The first-order valence-corrected chi connectivity index (χ1v) is 13.4. The van der Waals surface area contributed by atoms with Gasteiger partial charge in [-0.2, -0.15) is 18.2 Å². The predicted molar refractivity (Wildman–Crippen MR) is 141 cm³/mol. The number of benzene rings is 1. The molecule has 1 aliphatic carbocycles. The number of hydrogen-bond acceptors (Lipinski definition) is 7. The Bertz CT molecular complexity index is 1330. The van der Waals surface area contributed by atoms with Gasteiger partial charge in [0.15, 0.2) is 0 Å². The highest BCUT2D eigenvalue weighted by Crippen LogP contribution is 2.37. The third-order valence-corrected chi connectivity index (χ3v) is 7.77. The normalized spacial score (nSPS) is 21.8. The Labute approximate surface area is 219 Å². The lowest BCUT2D eigenvalue weighted by Crippen LogP contribution is -2.43. The average Bonchev–Trinajstić information content (AvgIpc) is 2.88. The minimum absolute atomic E-state index is 0.0544. The molecular weight excluding hydrogens is 497 g/mol. The molecule has 3 aromatic rings. The number of fused-ring (bicyclic) bond motifs is 3. The summed E-state index contributed by atoms with van der Waals surface area (Å²) < 4.78 is 37.7. The van der Waals surface area contributed by atoms with Crippen LogP contribution in [0.3, 0.4) is 0 Å². The number of piperazine rings is 1. The van der Waals surface area contributed by atoms with E-state index in [9.17, 15) is 23.1 Å². The van der Waals surface area contributed by atoms with E-state index in [0.29, 0.717) is 23.9 Å². The molecule has 206 valence electrons. The molecule has 2 aromatic heterocycles. The molecular formula is C27H35F3N6O2. The van der Waals surface area contributed by atoms with Crippen LogP contribution >= 0.6 is 0 Å². The molecule has 1 saturated heterocycles. The van der Waals surface area contributed by atoms with Crippen LogP contribution in [0.5, 0.6) is 0 Å². The van der Waals surface area contributed by atoms with Crippen molar-refractivity contribution < 1.29 is 18.3 Å². The molecule has 11 heteroatoms. The number of aliphatic hydroxyl groups is 1. The fourth-order valence-electron chi connectivity index (χ4n) is 5.58. The first-order chi connectivity index (χ1) is 18.2. The number of nitrogens with one attached hydrogen (secondary N) is 2. The number of hydrogen-bond donors (Lipinski definition) is 3. The van der Waals surface area contributed by atoms with Crippen LogP contribution in [0.25, 0.3) is 21.8 Å². The molecule has 3 N–H and O–H groups in total. The van der Waals surface area contributed by atoms with E-state index in [-0.39, 0.29) is 36.5 Å². The molecule has 0 atom stereocenters. The van der Waals surface area contributed by atoms with Gasteiger partial charge in [-0.15, -0.1) is 0 Å². The maximum atomic E-state index is 13.2. The molecule has 2 fully saturated rings. The van der Waals surface area contributed by atoms with Crippen LogP contribution in [0.2, 0.25) is 0 Å². The van der Waals surface area contributed by atoms with Gasteiger partial charge in [-0.25, -0.2) is 4.98 Å². The number of alkyl halides is 3. The summed E-state index contributed by atoms with van der Waals surface area (Å²) in [6.45, 7) is 4.83. The minimum Gasteiger partial charge on any atom is -0.393 e. The van der Waals surface area contributed by atoms with Gasteiger partial charge in [-0.1, -0.05) is 12.1 Å². The van der Waals surface area contributed by atoms with Gasteiger partial charge in [-0.05, 0) is 56.2 Å². The van der Waals surface area contributed by atoms with E-state index >= 15 is 0 Å². The van der Waals surface area contributed by atoms with Gasteiger partial charge in [0, 0.05) is 62.4 Å². The topological polar surface area (TPSA) is 97.4 Å². The van der Waals surface area contributed by atoms with Crippen molar-refractivity contribution in [3.63, 3.8) is 0 Å². The summed E-state index contributed by atoms with van der Waals surface area (Å²) in [7, 11) is 2.12. The number of pyridine rings is 1. The SMILES string of the molecule is CN1CCN(Cc2ccc3c(c2)c(=O)[nH]c2nc(NCCCC(F)(F)F)nc(C4CCC(O)CC4)c23)CC1. The van der Waals surface area contributed by atoms with Gasteiger partial charge in [0.1, 0.15) is 5.65 Å². The van der Waals surface area contributed by atoms with Crippen LogP contribution in [0.4, 0.5) is 19.1 Å². The fourth-order valence-corrected chi connectivity index (χ4v) is 5.58. The Hall–Kier alpha value is -2.76. The van der Waals surface area contributed by atoms with E-state index in [1.807, 2.05) is 12.1 Å². The third-order valence-electron chi connectivity index (χ3n) is 7.77. The molecule has 0 amide bonds. The number of aliphatic hydroxyl groups excluding tert-OH is 1. The van der Waals surface area contributed by atoms with Gasteiger partial charge in [0.25, 0.3) is 5.56 Å². The molecule has 2 aliphatic rings. The van der Waals surface area contributed by atoms with Gasteiger partial charge in [0.2, 0.25) is 5.95 Å². The highest BCUT2D eigenvalue weighted by Gasteiger charge is 2.27. The van der Waals surface area contributed by atoms with Crippen molar-refractivity contribution in [2.45, 2.75) is 63.3 Å². The number of nitrogens with zero attached hydrogens (tertiary/aromatic N) is 4. The second-order valence-corrected chi connectivity index (χ2v) is 10.7. The van der Waals surface area contributed by atoms with Gasteiger partial charge in [-0.3, -0.25) is 9.69 Å². The van der Waals surface area contributed by atoms with E-state index in [4.69, 9.17) is 4.98 Å². The van der Waals surface area contributed by atoms with E-state index < -0.39 is 12.6 Å². The molecule has 1 saturated carbocycles. The number of H-pyrrole nitrogens is 1. The number of rotatable bonds is 7. The van der Waals surface area contributed by atoms with Crippen molar-refractivity contribution in [1.29, 1.82) is 0 Å². The van der Waals surface area contributed by atoms with Gasteiger partial charge >= 0.3 is 6.18 Å². The first kappa shape index (κ1) is 26.8. The Kier molecular flexibility index (Phi) is 7.88. The highest BCUT2D eigenvalue weighted by atomic mass is 19.4. The van der Waals surface area contributed by atoms with Gasteiger partial charge in [0.05, 0.1) is 11.8 Å². The van der Waals surface area contributed by atoms with Crippen LogP contribution in [-0.2, 0) is 6.54 Å². The fraction of sp³-hybridized carbons (Fsp3) is 0.593. The van der Waals surface area contributed by atoms with Crippen molar-refractivity contribution in [2.24, 2.45) is 0 Å². The standard InChI is InChI=1S/C27H35F3N6O2/c1-35-11-13-36(14-12-35)16-17-3-8-20-21(15-17)25(38)33-24-22(20)23(18-4-6-19(37)7-5-18)32-26(34-24)31-10-2-9-27(28,29)30/h3,8,15,18-19,37H,2,4-7,9-14,16H2,1H3,(H2,31,32,33,34,38). The zero-order chi connectivity index (χ0) is 26.9. The molecule has 0 bridgehead atoms. The lowest BCUT2D eigenvalue weighted by Gasteiger charge is -2.32. The predicted octanol–water partition coefficient (Wildman–Crippen LogP) is 3.99. The van der Waals surface area contributed by atoms with Crippen molar-refractivity contribution >= 4 is 27.8 Å². The zero-order valence-corrected chi connectivity index (χ0v) is 21.7. The number of likely N-dealkylation sites (N-methyl/N-ethyl adjacent to an activating group) is 1. The molecule has 0 spiro atoms. The number of aromatic amines is 1. The van der Waals surface area contributed by atoms with E-state index in [2.05, 4.69) is 38.2 Å². The molecule has 3 heterocycles. The molecule has 1 aliphatic heterocycles. The maximum absolute atomic E-state index is 13.2. The summed E-state index contributed by atoms with van der Waals surface area (Å²) in [6, 6.07) is 5.97. The summed E-state index contributed by atoms with van der Waals surface area (Å²) in [5.41, 5.74) is 1.97. The zero-order valence-electron chi connectivity index (χ0n) is 21.7. The maximum Gasteiger partial charge on any atom is 0.389 e. The van der Waals surface area contributed by atoms with Crippen LogP contribution in [-0.4, -0.2) is 81.9 Å². The van der Waals surface area contributed by atoms with E-state index in [1.165, 1.54) is 0 Å². The Morgan fingerprint density at radius 3 is 2.53 bits per heavy atom. The van der Waals surface area contributed by atoms with Crippen LogP contribution < -0.4 is 10.9 Å². The number of aromatic nitrogens is 3. The van der Waals surface area contributed by atoms with Crippen molar-refractivity contribution in [3.8, 4) is 0 Å². The highest BCUT2D eigenvalue weighted by molar-refractivity contribution is 6.06. The van der Waals surface area contributed by atoms with Crippen LogP contribution in [0, 0.1) is 0 Å². The van der Waals surface area contributed by atoms with Crippen molar-refractivity contribution in [2.75, 3.05) is 45.1 Å². The molecule has 1 aromatic carbocycles. The summed E-state index contributed by atoms with van der Waals surface area (Å²) in [5, 5.41) is 15.1. The molecule has 38 heavy (non-hydrogen) atoms. The summed E-state index contributed by atoms with van der Waals surface area (Å²) in [5.74, 6) is 0.265. The van der Waals surface area contributed by atoms with Crippen LogP contribution in [0.15, 0.2) is 23.0 Å². The minimum atomic E-state index is -4.21. The Morgan fingerprint density at radius 2 is 1.82 bits per heavy atom. The number of halogens is 3. The quantitative estimate of drug-likeness (QED) is 0.313. The lowest BCUT2D eigenvalue weighted by atomic mass is 9.83. The van der Waals surface area contributed by atoms with Crippen LogP contribution in [0.1, 0.15) is 55.7 Å². The smallest absolute Gasteiger partial charge is 0.389 e. The second-order valence-electron chi connectivity index (χ2n) is 10.7. The van der Waals surface area contributed by atoms with E-state index in [0.717, 1.165) is 67.6 Å². The van der Waals surface area contributed by atoms with Crippen molar-refractivity contribution in [1.82, 2.24) is 24.8 Å². The summed E-state index contributed by atoms with van der Waals surface area (Å²) >= 11 is 0. The lowest BCUT2D eigenvalue weighted by molar-refractivity contribution is -0.134. The molecule has 0 unspecified atom stereocenters. The monoisotopic (exact) mass is 532 g/mol. The van der Waals surface area contributed by atoms with Gasteiger partial charge < -0.3 is 20.3 Å². The molecule has 5 rings (SSSR count). The summed E-state index contributed by atoms with van der Waals surface area (Å²) in [6.07, 6.45) is -2.76. The second kappa shape index (κ2) is 11.2. The van der Waals surface area contributed by atoms with Crippen molar-refractivity contribution in [3.05, 3.63) is 39.8 Å².